The number of nitrogens with one attached hydrogen (secondary N) is 1. The number of hydrogen-bond donors (Lipinski definition) is 1. The van der Waals surface area contributed by atoms with Gasteiger partial charge in [-0.05, 0) is 36.8 Å². The molecule has 0 unspecified atom stereocenters. The highest BCUT2D eigenvalue weighted by Crippen LogP contribution is 2.46. The fourth-order valence-corrected chi connectivity index (χ4v) is 3.97. The molecule has 4 rings (SSSR count). The molecule has 0 aromatic heterocycles. The lowest BCUT2D eigenvalue weighted by atomic mass is 9.79. The van der Waals surface area contributed by atoms with Crippen LogP contribution < -0.4 is 15.1 Å². The zero-order chi connectivity index (χ0) is 21.5. The van der Waals surface area contributed by atoms with Crippen molar-refractivity contribution < 1.29 is 23.9 Å². The second kappa shape index (κ2) is 7.46. The molecule has 0 aliphatic carbocycles. The van der Waals surface area contributed by atoms with E-state index in [4.69, 9.17) is 21.1 Å². The summed E-state index contributed by atoms with van der Waals surface area (Å²) in [6, 6.07) is 13.1. The summed E-state index contributed by atoms with van der Waals surface area (Å²) in [6.07, 6.45) is 0. The number of carbonyl (C=O) groups is 3. The van der Waals surface area contributed by atoms with E-state index in [1.165, 1.54) is 7.11 Å². The van der Waals surface area contributed by atoms with Crippen molar-refractivity contribution in [3.8, 4) is 5.75 Å². The summed E-state index contributed by atoms with van der Waals surface area (Å²) in [7, 11) is 1.45. The van der Waals surface area contributed by atoms with Crippen LogP contribution in [0, 0.1) is 5.92 Å². The zero-order valence-electron chi connectivity index (χ0n) is 16.2. The number of benzene rings is 2. The largest absolute Gasteiger partial charge is 0.495 e. The molecule has 0 saturated carbocycles. The molecule has 2 aromatic rings. The first-order valence-corrected chi connectivity index (χ1v) is 9.62. The van der Waals surface area contributed by atoms with Gasteiger partial charge in [-0.2, -0.15) is 5.10 Å². The quantitative estimate of drug-likeness (QED) is 0.580. The summed E-state index contributed by atoms with van der Waals surface area (Å²) in [6.45, 7) is 1.76. The van der Waals surface area contributed by atoms with Crippen molar-refractivity contribution in [1.82, 2.24) is 5.43 Å². The van der Waals surface area contributed by atoms with Gasteiger partial charge in [-0.1, -0.05) is 35.9 Å². The van der Waals surface area contributed by atoms with Crippen molar-refractivity contribution in [2.24, 2.45) is 11.0 Å². The van der Waals surface area contributed by atoms with Crippen molar-refractivity contribution in [1.29, 1.82) is 0 Å². The summed E-state index contributed by atoms with van der Waals surface area (Å²) in [5, 5.41) is 4.51. The van der Waals surface area contributed by atoms with Gasteiger partial charge >= 0.3 is 5.97 Å². The number of nitrogens with zero attached hydrogens (tertiary/aromatic N) is 2. The number of methoxy groups -OCH3 is 1. The SMILES string of the molecule is CCOC(=O)C1=NN[C@@]2(c3ccc(Cl)cc3)C(=O)N(c3ccccc3OC)C(=O)[C@@H]12. The number of halogens is 1. The van der Waals surface area contributed by atoms with E-state index in [1.54, 1.807) is 55.5 Å². The number of para-hydroxylation sites is 2. The Kier molecular flexibility index (Phi) is 4.95. The molecule has 9 heteroatoms. The van der Waals surface area contributed by atoms with Crippen LogP contribution in [0.25, 0.3) is 0 Å². The predicted molar refractivity (Wildman–Crippen MR) is 109 cm³/mol. The molecule has 1 fully saturated rings. The summed E-state index contributed by atoms with van der Waals surface area (Å²) >= 11 is 6.01. The van der Waals surface area contributed by atoms with E-state index in [2.05, 4.69) is 10.5 Å². The molecule has 30 heavy (non-hydrogen) atoms. The number of fused-ring (bicyclic) bond motifs is 1. The molecule has 0 radical (unpaired) electrons. The van der Waals surface area contributed by atoms with Gasteiger partial charge in [-0.25, -0.2) is 9.69 Å². The maximum absolute atomic E-state index is 13.7. The average Bonchev–Trinajstić information content (AvgIpc) is 3.25. The van der Waals surface area contributed by atoms with Crippen LogP contribution >= 0.6 is 11.6 Å². The van der Waals surface area contributed by atoms with Gasteiger partial charge < -0.3 is 9.47 Å². The molecule has 2 aliphatic heterocycles. The third-order valence-electron chi connectivity index (χ3n) is 5.18. The Balaban J connectivity index is 1.89. The Labute approximate surface area is 177 Å². The van der Waals surface area contributed by atoms with Crippen molar-refractivity contribution >= 4 is 40.8 Å². The minimum Gasteiger partial charge on any atom is -0.495 e. The molecule has 2 aromatic carbocycles. The number of ether oxygens (including phenoxy) is 2. The van der Waals surface area contributed by atoms with Crippen molar-refractivity contribution in [2.75, 3.05) is 18.6 Å². The van der Waals surface area contributed by atoms with Crippen molar-refractivity contribution in [2.45, 2.75) is 12.5 Å². The highest BCUT2D eigenvalue weighted by Gasteiger charge is 2.67. The molecule has 0 spiro atoms. The Hall–Kier alpha value is -3.39. The van der Waals surface area contributed by atoms with Crippen LogP contribution in [0.3, 0.4) is 0 Å². The Bertz CT molecular complexity index is 1070. The molecule has 2 heterocycles. The number of amides is 2. The van der Waals surface area contributed by atoms with Gasteiger partial charge in [0.15, 0.2) is 11.3 Å². The molecular weight excluding hydrogens is 410 g/mol. The van der Waals surface area contributed by atoms with E-state index in [0.717, 1.165) is 4.90 Å². The number of carbonyl (C=O) groups excluding carboxylic acids is 3. The third-order valence-corrected chi connectivity index (χ3v) is 5.43. The monoisotopic (exact) mass is 427 g/mol. The van der Waals surface area contributed by atoms with Gasteiger partial charge in [0.1, 0.15) is 11.7 Å². The summed E-state index contributed by atoms with van der Waals surface area (Å²) in [5.74, 6) is -2.78. The summed E-state index contributed by atoms with van der Waals surface area (Å²) in [4.78, 5) is 40.8. The normalized spacial score (nSPS) is 22.4. The van der Waals surface area contributed by atoms with Crippen LogP contribution in [-0.2, 0) is 24.7 Å². The van der Waals surface area contributed by atoms with E-state index in [9.17, 15) is 14.4 Å². The lowest BCUT2D eigenvalue weighted by molar-refractivity contribution is -0.136. The molecule has 1 saturated heterocycles. The van der Waals surface area contributed by atoms with E-state index >= 15 is 0 Å². The first-order valence-electron chi connectivity index (χ1n) is 9.25. The number of esters is 1. The van der Waals surface area contributed by atoms with E-state index in [-0.39, 0.29) is 18.0 Å². The van der Waals surface area contributed by atoms with Crippen LogP contribution in [0.5, 0.6) is 5.75 Å². The first-order chi connectivity index (χ1) is 14.5. The van der Waals surface area contributed by atoms with Crippen LogP contribution in [0.1, 0.15) is 12.5 Å². The molecule has 2 atom stereocenters. The van der Waals surface area contributed by atoms with Gasteiger partial charge in [0.05, 0.1) is 19.4 Å². The lowest BCUT2D eigenvalue weighted by Crippen LogP contribution is -2.48. The van der Waals surface area contributed by atoms with E-state index < -0.39 is 29.2 Å². The Morgan fingerprint density at radius 2 is 1.90 bits per heavy atom. The molecule has 2 aliphatic rings. The molecule has 0 bridgehead atoms. The fourth-order valence-electron chi connectivity index (χ4n) is 3.84. The summed E-state index contributed by atoms with van der Waals surface area (Å²) < 4.78 is 10.4. The average molecular weight is 428 g/mol. The molecule has 1 N–H and O–H groups in total. The van der Waals surface area contributed by atoms with Gasteiger partial charge in [0.25, 0.3) is 5.91 Å². The lowest BCUT2D eigenvalue weighted by Gasteiger charge is -2.26. The van der Waals surface area contributed by atoms with Crippen molar-refractivity contribution in [3.05, 3.63) is 59.1 Å². The second-order valence-electron chi connectivity index (χ2n) is 6.73. The van der Waals surface area contributed by atoms with Crippen LogP contribution in [-0.4, -0.2) is 37.2 Å². The second-order valence-corrected chi connectivity index (χ2v) is 7.16. The highest BCUT2D eigenvalue weighted by molar-refractivity contribution is 6.47. The molecule has 154 valence electrons. The van der Waals surface area contributed by atoms with Crippen molar-refractivity contribution in [3.63, 3.8) is 0 Å². The topological polar surface area (TPSA) is 97.3 Å². The number of hydrogen-bond acceptors (Lipinski definition) is 7. The first kappa shape index (κ1) is 19.9. The Morgan fingerprint density at radius 1 is 1.20 bits per heavy atom. The number of hydrazone groups is 1. The fraction of sp³-hybridized carbons (Fsp3) is 0.238. The minimum absolute atomic E-state index is 0.108. The van der Waals surface area contributed by atoms with Gasteiger partial charge in [-0.3, -0.25) is 15.0 Å². The molecule has 8 nitrogen and oxygen atoms in total. The van der Waals surface area contributed by atoms with Crippen LogP contribution in [0.15, 0.2) is 53.6 Å². The minimum atomic E-state index is -1.59. The predicted octanol–water partition coefficient (Wildman–Crippen LogP) is 2.26. The zero-order valence-corrected chi connectivity index (χ0v) is 17.0. The maximum Gasteiger partial charge on any atom is 0.355 e. The van der Waals surface area contributed by atoms with Crippen LogP contribution in [0.2, 0.25) is 5.02 Å². The Morgan fingerprint density at radius 3 is 2.57 bits per heavy atom. The maximum atomic E-state index is 13.7. The van der Waals surface area contributed by atoms with Gasteiger partial charge in [0.2, 0.25) is 5.91 Å². The molecular formula is C21H18ClN3O5. The van der Waals surface area contributed by atoms with E-state index in [0.29, 0.717) is 16.3 Å². The number of anilines is 1. The summed E-state index contributed by atoms with van der Waals surface area (Å²) in [5.41, 5.74) is 1.76. The van der Waals surface area contributed by atoms with Gasteiger partial charge in [0, 0.05) is 5.02 Å². The molecule has 2 amide bonds. The number of imide groups is 1. The highest BCUT2D eigenvalue weighted by atomic mass is 35.5. The third kappa shape index (κ3) is 2.75. The standard InChI is InChI=1S/C21H18ClN3O5/c1-3-30-19(27)17-16-18(26)25(14-6-4-5-7-15(14)29-2)20(28)21(16,24-23-17)12-8-10-13(22)11-9-12/h4-11,16,24H,3H2,1-2H3/t16-,21-/m1/s1. The smallest absolute Gasteiger partial charge is 0.355 e. The van der Waals surface area contributed by atoms with E-state index in [1.807, 2.05) is 0 Å². The van der Waals surface area contributed by atoms with Crippen LogP contribution in [0.4, 0.5) is 5.69 Å². The van der Waals surface area contributed by atoms with Gasteiger partial charge in [-0.15, -0.1) is 0 Å². The number of rotatable bonds is 5.